The fourth-order valence-electron chi connectivity index (χ4n) is 4.68. The Kier molecular flexibility index (Phi) is 5.91. The molecule has 0 aliphatic carbocycles. The summed E-state index contributed by atoms with van der Waals surface area (Å²) in [5, 5.41) is 2.15. The Balaban J connectivity index is 1.44. The molecule has 0 bridgehead atoms. The molecule has 2 aliphatic heterocycles. The number of hydrogen-bond acceptors (Lipinski definition) is 4. The lowest BCUT2D eigenvalue weighted by atomic mass is 9.83. The van der Waals surface area contributed by atoms with Crippen LogP contribution in [0, 0.1) is 5.92 Å². The molecule has 4 rings (SSSR count). The first-order valence-electron chi connectivity index (χ1n) is 9.89. The van der Waals surface area contributed by atoms with Gasteiger partial charge in [-0.2, -0.15) is 0 Å². The SMILES string of the molecule is COC(C(=O)N1CCC[C@@H]2CN(Cc3cccs3)CC[C@H]21)c1ccccc1. The summed E-state index contributed by atoms with van der Waals surface area (Å²) in [6.07, 6.45) is 2.88. The molecule has 5 heteroatoms. The number of benzene rings is 1. The van der Waals surface area contributed by atoms with Gasteiger partial charge in [0.25, 0.3) is 5.91 Å². The maximum Gasteiger partial charge on any atom is 0.256 e. The number of ether oxygens (including phenoxy) is 1. The summed E-state index contributed by atoms with van der Waals surface area (Å²) >= 11 is 1.83. The predicted octanol–water partition coefficient (Wildman–Crippen LogP) is 3.95. The lowest BCUT2D eigenvalue weighted by molar-refractivity contribution is -0.149. The Labute approximate surface area is 165 Å². The molecule has 3 atom stereocenters. The first kappa shape index (κ1) is 18.7. The van der Waals surface area contributed by atoms with Gasteiger partial charge in [0.15, 0.2) is 6.10 Å². The number of hydrogen-bond donors (Lipinski definition) is 0. The molecule has 0 spiro atoms. The zero-order valence-electron chi connectivity index (χ0n) is 15.9. The molecule has 3 heterocycles. The van der Waals surface area contributed by atoms with E-state index in [1.807, 2.05) is 41.7 Å². The third kappa shape index (κ3) is 4.10. The number of fused-ring (bicyclic) bond motifs is 1. The molecule has 144 valence electrons. The molecule has 2 aromatic rings. The molecule has 0 saturated carbocycles. The zero-order chi connectivity index (χ0) is 18.6. The van der Waals surface area contributed by atoms with E-state index in [0.717, 1.165) is 44.6 Å². The Morgan fingerprint density at radius 2 is 2.04 bits per heavy atom. The maximum absolute atomic E-state index is 13.3. The molecule has 2 saturated heterocycles. The van der Waals surface area contributed by atoms with Crippen LogP contribution >= 0.6 is 11.3 Å². The van der Waals surface area contributed by atoms with Gasteiger partial charge in [-0.3, -0.25) is 9.69 Å². The monoisotopic (exact) mass is 384 g/mol. The summed E-state index contributed by atoms with van der Waals surface area (Å²) in [7, 11) is 1.64. The van der Waals surface area contributed by atoms with Gasteiger partial charge < -0.3 is 9.64 Å². The van der Waals surface area contributed by atoms with Crippen molar-refractivity contribution in [3.63, 3.8) is 0 Å². The molecular formula is C22H28N2O2S. The van der Waals surface area contributed by atoms with Crippen molar-refractivity contribution in [3.8, 4) is 0 Å². The van der Waals surface area contributed by atoms with Gasteiger partial charge in [0, 0.05) is 44.2 Å². The minimum Gasteiger partial charge on any atom is -0.367 e. The van der Waals surface area contributed by atoms with Crippen LogP contribution in [0.3, 0.4) is 0 Å². The van der Waals surface area contributed by atoms with E-state index < -0.39 is 6.10 Å². The second-order valence-corrected chi connectivity index (χ2v) is 8.66. The van der Waals surface area contributed by atoms with Crippen LogP contribution < -0.4 is 0 Å². The van der Waals surface area contributed by atoms with Crippen molar-refractivity contribution < 1.29 is 9.53 Å². The van der Waals surface area contributed by atoms with Crippen LogP contribution in [0.15, 0.2) is 47.8 Å². The number of amides is 1. The number of rotatable bonds is 5. The van der Waals surface area contributed by atoms with Gasteiger partial charge >= 0.3 is 0 Å². The molecule has 2 fully saturated rings. The molecule has 27 heavy (non-hydrogen) atoms. The Morgan fingerprint density at radius 3 is 2.78 bits per heavy atom. The van der Waals surface area contributed by atoms with Crippen molar-refractivity contribution in [2.45, 2.75) is 38.0 Å². The van der Waals surface area contributed by atoms with Gasteiger partial charge in [0.2, 0.25) is 0 Å². The van der Waals surface area contributed by atoms with E-state index in [1.165, 1.54) is 11.3 Å². The van der Waals surface area contributed by atoms with E-state index in [2.05, 4.69) is 27.3 Å². The van der Waals surface area contributed by atoms with Crippen LogP contribution in [0.25, 0.3) is 0 Å². The van der Waals surface area contributed by atoms with Crippen LogP contribution in [0.2, 0.25) is 0 Å². The first-order chi connectivity index (χ1) is 13.3. The van der Waals surface area contributed by atoms with Gasteiger partial charge in [-0.05, 0) is 42.2 Å². The van der Waals surface area contributed by atoms with Crippen molar-refractivity contribution in [1.29, 1.82) is 0 Å². The van der Waals surface area contributed by atoms with Crippen LogP contribution in [-0.2, 0) is 16.1 Å². The summed E-state index contributed by atoms with van der Waals surface area (Å²) in [5.74, 6) is 0.704. The zero-order valence-corrected chi connectivity index (χ0v) is 16.7. The quantitative estimate of drug-likeness (QED) is 0.783. The topological polar surface area (TPSA) is 32.8 Å². The summed E-state index contributed by atoms with van der Waals surface area (Å²) < 4.78 is 5.62. The van der Waals surface area contributed by atoms with Gasteiger partial charge in [-0.1, -0.05) is 36.4 Å². The highest BCUT2D eigenvalue weighted by Gasteiger charge is 2.40. The van der Waals surface area contributed by atoms with Crippen molar-refractivity contribution in [1.82, 2.24) is 9.80 Å². The number of carbonyl (C=O) groups excluding carboxylic acids is 1. The Hall–Kier alpha value is -1.69. The molecule has 1 amide bonds. The summed E-state index contributed by atoms with van der Waals surface area (Å²) in [5.41, 5.74) is 0.947. The van der Waals surface area contributed by atoms with Crippen molar-refractivity contribution >= 4 is 17.2 Å². The molecular weight excluding hydrogens is 356 g/mol. The number of thiophene rings is 1. The average molecular weight is 385 g/mol. The van der Waals surface area contributed by atoms with Crippen molar-refractivity contribution in [2.24, 2.45) is 5.92 Å². The van der Waals surface area contributed by atoms with E-state index in [9.17, 15) is 4.79 Å². The van der Waals surface area contributed by atoms with Crippen LogP contribution in [0.1, 0.15) is 35.8 Å². The van der Waals surface area contributed by atoms with Crippen LogP contribution in [-0.4, -0.2) is 48.5 Å². The van der Waals surface area contributed by atoms with Gasteiger partial charge in [0.05, 0.1) is 0 Å². The fraction of sp³-hybridized carbons (Fsp3) is 0.500. The lowest BCUT2D eigenvalue weighted by Crippen LogP contribution is -2.56. The Morgan fingerprint density at radius 1 is 1.19 bits per heavy atom. The number of carbonyl (C=O) groups is 1. The van der Waals surface area contributed by atoms with E-state index in [-0.39, 0.29) is 5.91 Å². The van der Waals surface area contributed by atoms with Crippen LogP contribution in [0.4, 0.5) is 0 Å². The van der Waals surface area contributed by atoms with E-state index in [0.29, 0.717) is 12.0 Å². The Bertz CT molecular complexity index is 734. The van der Waals surface area contributed by atoms with Gasteiger partial charge in [0.1, 0.15) is 0 Å². The minimum atomic E-state index is -0.492. The molecule has 0 radical (unpaired) electrons. The number of nitrogens with zero attached hydrogens (tertiary/aromatic N) is 2. The molecule has 1 aromatic carbocycles. The predicted molar refractivity (Wildman–Crippen MR) is 109 cm³/mol. The van der Waals surface area contributed by atoms with E-state index >= 15 is 0 Å². The fourth-order valence-corrected chi connectivity index (χ4v) is 5.42. The highest BCUT2D eigenvalue weighted by molar-refractivity contribution is 7.09. The highest BCUT2D eigenvalue weighted by atomic mass is 32.1. The van der Waals surface area contributed by atoms with Crippen LogP contribution in [0.5, 0.6) is 0 Å². The molecule has 2 aliphatic rings. The second kappa shape index (κ2) is 8.55. The summed E-state index contributed by atoms with van der Waals surface area (Å²) in [6.45, 7) is 4.05. The van der Waals surface area contributed by atoms with Gasteiger partial charge in [-0.25, -0.2) is 0 Å². The minimum absolute atomic E-state index is 0.130. The largest absolute Gasteiger partial charge is 0.367 e. The standard InChI is InChI=1S/C22H28N2O2S/c1-26-21(17-7-3-2-4-8-17)22(25)24-12-5-9-18-15-23(13-11-20(18)24)16-19-10-6-14-27-19/h2-4,6-8,10,14,18,20-21H,5,9,11-13,15-16H2,1H3/t18-,20-,21?/m1/s1. The molecule has 1 unspecified atom stereocenters. The highest BCUT2D eigenvalue weighted by Crippen LogP contribution is 2.34. The summed E-state index contributed by atoms with van der Waals surface area (Å²) in [4.78, 5) is 19.4. The average Bonchev–Trinajstić information content (AvgIpc) is 3.21. The summed E-state index contributed by atoms with van der Waals surface area (Å²) in [6, 6.07) is 14.6. The first-order valence-corrected chi connectivity index (χ1v) is 10.8. The number of methoxy groups -OCH3 is 1. The second-order valence-electron chi connectivity index (χ2n) is 7.63. The van der Waals surface area contributed by atoms with E-state index in [1.54, 1.807) is 7.11 Å². The van der Waals surface area contributed by atoms with E-state index in [4.69, 9.17) is 4.74 Å². The van der Waals surface area contributed by atoms with Gasteiger partial charge in [-0.15, -0.1) is 11.3 Å². The van der Waals surface area contributed by atoms with Crippen molar-refractivity contribution in [2.75, 3.05) is 26.7 Å². The molecule has 1 aromatic heterocycles. The number of likely N-dealkylation sites (tertiary alicyclic amines) is 2. The lowest BCUT2D eigenvalue weighted by Gasteiger charge is -2.48. The third-order valence-electron chi connectivity index (χ3n) is 5.96. The van der Waals surface area contributed by atoms with Crippen molar-refractivity contribution in [3.05, 3.63) is 58.3 Å². The molecule has 0 N–H and O–H groups in total. The number of piperidine rings is 2. The maximum atomic E-state index is 13.3. The third-order valence-corrected chi connectivity index (χ3v) is 6.82. The molecule has 4 nitrogen and oxygen atoms in total. The smallest absolute Gasteiger partial charge is 0.256 e. The normalized spacial score (nSPS) is 24.4.